The van der Waals surface area contributed by atoms with Gasteiger partial charge in [0, 0.05) is 23.9 Å². The molecule has 17 heavy (non-hydrogen) atoms. The molecule has 1 heterocycles. The van der Waals surface area contributed by atoms with Gasteiger partial charge in [-0.3, -0.25) is 4.98 Å². The van der Waals surface area contributed by atoms with Crippen LogP contribution in [0.3, 0.4) is 0 Å². The van der Waals surface area contributed by atoms with Crippen LogP contribution in [-0.2, 0) is 16.3 Å². The average molecular weight is 257 g/mol. The summed E-state index contributed by atoms with van der Waals surface area (Å²) in [5.74, 6) is 0.146. The maximum atomic E-state index is 10.9. The Kier molecular flexibility index (Phi) is 5.58. The Bertz CT molecular complexity index is 417. The summed E-state index contributed by atoms with van der Waals surface area (Å²) in [6.07, 6.45) is 4.89. The number of hydrogen-bond donors (Lipinski definition) is 1. The SMILES string of the molecule is CS(=O)(=O)CCCC(O)CCc1ccccn1. The number of aliphatic hydroxyl groups excluding tert-OH is 1. The molecule has 0 bridgehead atoms. The zero-order valence-corrected chi connectivity index (χ0v) is 10.9. The van der Waals surface area contributed by atoms with Gasteiger partial charge in [-0.1, -0.05) is 6.07 Å². The van der Waals surface area contributed by atoms with E-state index in [9.17, 15) is 13.5 Å². The molecule has 0 saturated heterocycles. The molecule has 0 saturated carbocycles. The zero-order valence-electron chi connectivity index (χ0n) is 10.0. The van der Waals surface area contributed by atoms with Crippen LogP contribution in [-0.4, -0.2) is 36.6 Å². The predicted octanol–water partition coefficient (Wildman–Crippen LogP) is 1.20. The van der Waals surface area contributed by atoms with Crippen LogP contribution < -0.4 is 0 Å². The lowest BCUT2D eigenvalue weighted by Gasteiger charge is -2.09. The van der Waals surface area contributed by atoms with Gasteiger partial charge in [-0.2, -0.15) is 0 Å². The van der Waals surface area contributed by atoms with E-state index in [-0.39, 0.29) is 5.75 Å². The maximum absolute atomic E-state index is 10.9. The van der Waals surface area contributed by atoms with E-state index in [2.05, 4.69) is 4.98 Å². The summed E-state index contributed by atoms with van der Waals surface area (Å²) in [7, 11) is -2.91. The summed E-state index contributed by atoms with van der Waals surface area (Å²) < 4.78 is 21.8. The molecule has 1 unspecified atom stereocenters. The first-order valence-corrected chi connectivity index (χ1v) is 7.79. The number of sulfone groups is 1. The van der Waals surface area contributed by atoms with Crippen molar-refractivity contribution in [2.45, 2.75) is 31.8 Å². The van der Waals surface area contributed by atoms with Gasteiger partial charge in [-0.15, -0.1) is 0 Å². The lowest BCUT2D eigenvalue weighted by Crippen LogP contribution is -2.11. The van der Waals surface area contributed by atoms with Gasteiger partial charge in [-0.05, 0) is 37.8 Å². The predicted molar refractivity (Wildman–Crippen MR) is 67.5 cm³/mol. The van der Waals surface area contributed by atoms with Crippen LogP contribution in [0.1, 0.15) is 25.0 Å². The van der Waals surface area contributed by atoms with Gasteiger partial charge in [0.2, 0.25) is 0 Å². The number of rotatable bonds is 7. The van der Waals surface area contributed by atoms with E-state index in [0.717, 1.165) is 12.1 Å². The molecular weight excluding hydrogens is 238 g/mol. The third-order valence-corrected chi connectivity index (χ3v) is 3.54. The lowest BCUT2D eigenvalue weighted by molar-refractivity contribution is 0.154. The first-order chi connectivity index (χ1) is 7.97. The van der Waals surface area contributed by atoms with Gasteiger partial charge in [0.05, 0.1) is 6.10 Å². The van der Waals surface area contributed by atoms with Crippen molar-refractivity contribution >= 4 is 9.84 Å². The van der Waals surface area contributed by atoms with E-state index in [4.69, 9.17) is 0 Å². The highest BCUT2D eigenvalue weighted by molar-refractivity contribution is 7.90. The molecule has 0 aliphatic carbocycles. The minimum atomic E-state index is -2.91. The number of nitrogens with zero attached hydrogens (tertiary/aromatic N) is 1. The van der Waals surface area contributed by atoms with E-state index in [1.807, 2.05) is 18.2 Å². The van der Waals surface area contributed by atoms with Crippen molar-refractivity contribution in [1.82, 2.24) is 4.98 Å². The van der Waals surface area contributed by atoms with Gasteiger partial charge in [0.1, 0.15) is 9.84 Å². The molecule has 0 aliphatic rings. The fourth-order valence-corrected chi connectivity index (χ4v) is 2.28. The lowest BCUT2D eigenvalue weighted by atomic mass is 10.1. The van der Waals surface area contributed by atoms with Crippen molar-refractivity contribution in [3.8, 4) is 0 Å². The average Bonchev–Trinajstić information content (AvgIpc) is 2.26. The van der Waals surface area contributed by atoms with Gasteiger partial charge < -0.3 is 5.11 Å². The van der Waals surface area contributed by atoms with Crippen LogP contribution in [0.25, 0.3) is 0 Å². The summed E-state index contributed by atoms with van der Waals surface area (Å²) in [4.78, 5) is 4.16. The van der Waals surface area contributed by atoms with Gasteiger partial charge in [0.15, 0.2) is 0 Å². The van der Waals surface area contributed by atoms with Crippen LogP contribution in [0.2, 0.25) is 0 Å². The minimum absolute atomic E-state index is 0.146. The Morgan fingerprint density at radius 3 is 2.71 bits per heavy atom. The minimum Gasteiger partial charge on any atom is -0.393 e. The van der Waals surface area contributed by atoms with Crippen molar-refractivity contribution in [3.63, 3.8) is 0 Å². The molecular formula is C12H19NO3S. The maximum Gasteiger partial charge on any atom is 0.147 e. The molecule has 0 spiro atoms. The number of pyridine rings is 1. The molecule has 4 nitrogen and oxygen atoms in total. The Morgan fingerprint density at radius 2 is 2.12 bits per heavy atom. The topological polar surface area (TPSA) is 67.3 Å². The normalized spacial score (nSPS) is 13.5. The smallest absolute Gasteiger partial charge is 0.147 e. The number of aromatic nitrogens is 1. The summed E-state index contributed by atoms with van der Waals surface area (Å²) >= 11 is 0. The second kappa shape index (κ2) is 6.71. The van der Waals surface area contributed by atoms with Crippen molar-refractivity contribution in [2.24, 2.45) is 0 Å². The monoisotopic (exact) mass is 257 g/mol. The van der Waals surface area contributed by atoms with E-state index < -0.39 is 15.9 Å². The van der Waals surface area contributed by atoms with Crippen LogP contribution in [0, 0.1) is 0 Å². The molecule has 1 rings (SSSR count). The highest BCUT2D eigenvalue weighted by atomic mass is 32.2. The fourth-order valence-electron chi connectivity index (χ4n) is 1.59. The molecule has 0 amide bonds. The first-order valence-electron chi connectivity index (χ1n) is 5.73. The van der Waals surface area contributed by atoms with Gasteiger partial charge in [-0.25, -0.2) is 8.42 Å². The Hall–Kier alpha value is -0.940. The van der Waals surface area contributed by atoms with Crippen molar-refractivity contribution in [2.75, 3.05) is 12.0 Å². The van der Waals surface area contributed by atoms with Crippen LogP contribution in [0.15, 0.2) is 24.4 Å². The van der Waals surface area contributed by atoms with Crippen molar-refractivity contribution in [3.05, 3.63) is 30.1 Å². The molecule has 0 radical (unpaired) electrons. The molecule has 96 valence electrons. The van der Waals surface area contributed by atoms with E-state index >= 15 is 0 Å². The highest BCUT2D eigenvalue weighted by Crippen LogP contribution is 2.07. The summed E-state index contributed by atoms with van der Waals surface area (Å²) in [6.45, 7) is 0. The molecule has 0 aromatic carbocycles. The van der Waals surface area contributed by atoms with Gasteiger partial charge in [0.25, 0.3) is 0 Å². The molecule has 0 aliphatic heterocycles. The Labute approximate surface area is 103 Å². The third-order valence-electron chi connectivity index (χ3n) is 2.51. The van der Waals surface area contributed by atoms with Crippen LogP contribution >= 0.6 is 0 Å². The van der Waals surface area contributed by atoms with E-state index in [0.29, 0.717) is 19.3 Å². The second-order valence-electron chi connectivity index (χ2n) is 4.29. The molecule has 5 heteroatoms. The zero-order chi connectivity index (χ0) is 12.7. The summed E-state index contributed by atoms with van der Waals surface area (Å²) in [5.41, 5.74) is 0.953. The van der Waals surface area contributed by atoms with Crippen LogP contribution in [0.5, 0.6) is 0 Å². The first kappa shape index (κ1) is 14.1. The van der Waals surface area contributed by atoms with Gasteiger partial charge >= 0.3 is 0 Å². The standard InChI is InChI=1S/C12H19NO3S/c1-17(15,16)10-4-6-12(14)8-7-11-5-2-3-9-13-11/h2-3,5,9,12,14H,4,6-8,10H2,1H3. The summed E-state index contributed by atoms with van der Waals surface area (Å²) in [6, 6.07) is 5.69. The third kappa shape index (κ3) is 7.07. The van der Waals surface area contributed by atoms with E-state index in [1.165, 1.54) is 6.26 Å². The molecule has 1 atom stereocenters. The summed E-state index contributed by atoms with van der Waals surface area (Å²) in [5, 5.41) is 9.68. The quantitative estimate of drug-likeness (QED) is 0.797. The number of aliphatic hydroxyl groups is 1. The molecule has 1 N–H and O–H groups in total. The Balaban J connectivity index is 2.20. The van der Waals surface area contributed by atoms with E-state index in [1.54, 1.807) is 6.20 Å². The number of hydrogen-bond acceptors (Lipinski definition) is 4. The van der Waals surface area contributed by atoms with Crippen molar-refractivity contribution in [1.29, 1.82) is 0 Å². The second-order valence-corrected chi connectivity index (χ2v) is 6.55. The molecule has 1 aromatic heterocycles. The van der Waals surface area contributed by atoms with Crippen LogP contribution in [0.4, 0.5) is 0 Å². The number of aryl methyl sites for hydroxylation is 1. The highest BCUT2D eigenvalue weighted by Gasteiger charge is 2.08. The molecule has 1 aromatic rings. The molecule has 0 fully saturated rings. The fraction of sp³-hybridized carbons (Fsp3) is 0.583. The van der Waals surface area contributed by atoms with Crippen molar-refractivity contribution < 1.29 is 13.5 Å². The Morgan fingerprint density at radius 1 is 1.35 bits per heavy atom. The largest absolute Gasteiger partial charge is 0.393 e.